The van der Waals surface area contributed by atoms with Gasteiger partial charge in [0.15, 0.2) is 6.61 Å². The molecule has 0 bridgehead atoms. The lowest BCUT2D eigenvalue weighted by atomic mass is 10.1. The SMILES string of the molecule is CCC(C)NC(=O)C(C)N(Cc1cccc(OC)c1)C(=O)COc1ccc(Cl)cc1Br. The quantitative estimate of drug-likeness (QED) is 0.496. The van der Waals surface area contributed by atoms with Crippen molar-refractivity contribution >= 4 is 39.3 Å². The molecule has 0 aliphatic rings. The molecule has 2 atom stereocenters. The molecule has 0 aliphatic carbocycles. The van der Waals surface area contributed by atoms with Gasteiger partial charge in [-0.3, -0.25) is 9.59 Å². The Bertz CT molecular complexity index is 909. The minimum absolute atomic E-state index is 0.0185. The van der Waals surface area contributed by atoms with Gasteiger partial charge in [-0.1, -0.05) is 30.7 Å². The molecule has 0 heterocycles. The van der Waals surface area contributed by atoms with Crippen molar-refractivity contribution in [2.45, 2.75) is 45.8 Å². The maximum Gasteiger partial charge on any atom is 0.261 e. The Labute approximate surface area is 197 Å². The summed E-state index contributed by atoms with van der Waals surface area (Å²) in [6.07, 6.45) is 0.802. The van der Waals surface area contributed by atoms with E-state index in [0.717, 1.165) is 12.0 Å². The van der Waals surface area contributed by atoms with Gasteiger partial charge in [-0.15, -0.1) is 0 Å². The number of carbonyl (C=O) groups excluding carboxylic acids is 2. The van der Waals surface area contributed by atoms with Crippen LogP contribution in [0.25, 0.3) is 0 Å². The van der Waals surface area contributed by atoms with Crippen LogP contribution in [-0.2, 0) is 16.1 Å². The first-order valence-electron chi connectivity index (χ1n) is 10.1. The molecule has 0 radical (unpaired) electrons. The number of rotatable bonds is 10. The second-order valence-corrected chi connectivity index (χ2v) is 8.52. The summed E-state index contributed by atoms with van der Waals surface area (Å²) in [5, 5.41) is 3.50. The summed E-state index contributed by atoms with van der Waals surface area (Å²) in [5.74, 6) is 0.661. The lowest BCUT2D eigenvalue weighted by molar-refractivity contribution is -0.142. The van der Waals surface area contributed by atoms with Gasteiger partial charge in [-0.25, -0.2) is 0 Å². The van der Waals surface area contributed by atoms with E-state index in [2.05, 4.69) is 21.2 Å². The molecular formula is C23H28BrClN2O4. The van der Waals surface area contributed by atoms with Crippen molar-refractivity contribution in [1.29, 1.82) is 0 Å². The molecule has 2 amide bonds. The highest BCUT2D eigenvalue weighted by Gasteiger charge is 2.27. The number of ether oxygens (including phenoxy) is 2. The predicted octanol–water partition coefficient (Wildman–Crippen LogP) is 4.82. The predicted molar refractivity (Wildman–Crippen MR) is 126 cm³/mol. The smallest absolute Gasteiger partial charge is 0.261 e. The van der Waals surface area contributed by atoms with Crippen molar-refractivity contribution in [3.63, 3.8) is 0 Å². The molecule has 2 aromatic carbocycles. The first kappa shape index (κ1) is 25.0. The van der Waals surface area contributed by atoms with Crippen molar-refractivity contribution in [2.24, 2.45) is 0 Å². The normalized spacial score (nSPS) is 12.6. The molecule has 0 aliphatic heterocycles. The second-order valence-electron chi connectivity index (χ2n) is 7.23. The zero-order valence-electron chi connectivity index (χ0n) is 18.2. The Morgan fingerprint density at radius 2 is 1.94 bits per heavy atom. The van der Waals surface area contributed by atoms with E-state index in [4.69, 9.17) is 21.1 Å². The molecule has 2 rings (SSSR count). The van der Waals surface area contributed by atoms with E-state index in [1.165, 1.54) is 4.90 Å². The third-order valence-electron chi connectivity index (χ3n) is 4.90. The van der Waals surface area contributed by atoms with Gasteiger partial charge < -0.3 is 19.7 Å². The number of halogens is 2. The number of nitrogens with zero attached hydrogens (tertiary/aromatic N) is 1. The maximum absolute atomic E-state index is 13.1. The summed E-state index contributed by atoms with van der Waals surface area (Å²) in [7, 11) is 1.59. The van der Waals surface area contributed by atoms with Crippen LogP contribution in [0.15, 0.2) is 46.9 Å². The molecule has 1 N–H and O–H groups in total. The van der Waals surface area contributed by atoms with E-state index >= 15 is 0 Å². The number of methoxy groups -OCH3 is 1. The van der Waals surface area contributed by atoms with E-state index in [1.54, 1.807) is 32.2 Å². The summed E-state index contributed by atoms with van der Waals surface area (Å²) in [4.78, 5) is 27.4. The van der Waals surface area contributed by atoms with Crippen molar-refractivity contribution in [3.05, 3.63) is 57.5 Å². The van der Waals surface area contributed by atoms with Gasteiger partial charge in [0.2, 0.25) is 5.91 Å². The second kappa shape index (κ2) is 12.0. The molecule has 0 aromatic heterocycles. The maximum atomic E-state index is 13.1. The lowest BCUT2D eigenvalue weighted by Gasteiger charge is -2.29. The minimum Gasteiger partial charge on any atom is -0.497 e. The van der Waals surface area contributed by atoms with Gasteiger partial charge in [-0.05, 0) is 72.1 Å². The van der Waals surface area contributed by atoms with Gasteiger partial charge in [-0.2, -0.15) is 0 Å². The molecule has 6 nitrogen and oxygen atoms in total. The fourth-order valence-corrected chi connectivity index (χ4v) is 3.63. The molecule has 2 unspecified atom stereocenters. The summed E-state index contributed by atoms with van der Waals surface area (Å²) in [5.41, 5.74) is 0.851. The van der Waals surface area contributed by atoms with Gasteiger partial charge in [0.05, 0.1) is 11.6 Å². The molecular weight excluding hydrogens is 484 g/mol. The Hall–Kier alpha value is -2.25. The van der Waals surface area contributed by atoms with E-state index in [1.807, 2.05) is 38.1 Å². The summed E-state index contributed by atoms with van der Waals surface area (Å²) in [6.45, 7) is 5.67. The number of amides is 2. The Kier molecular flexibility index (Phi) is 9.65. The monoisotopic (exact) mass is 510 g/mol. The molecule has 31 heavy (non-hydrogen) atoms. The van der Waals surface area contributed by atoms with Crippen LogP contribution >= 0.6 is 27.5 Å². The highest BCUT2D eigenvalue weighted by Crippen LogP contribution is 2.28. The van der Waals surface area contributed by atoms with E-state index in [0.29, 0.717) is 21.0 Å². The van der Waals surface area contributed by atoms with Crippen molar-refractivity contribution in [3.8, 4) is 11.5 Å². The Balaban J connectivity index is 2.20. The number of hydrogen-bond donors (Lipinski definition) is 1. The molecule has 0 saturated heterocycles. The zero-order valence-corrected chi connectivity index (χ0v) is 20.5. The van der Waals surface area contributed by atoms with Crippen LogP contribution in [0.3, 0.4) is 0 Å². The van der Waals surface area contributed by atoms with Crippen LogP contribution < -0.4 is 14.8 Å². The molecule has 0 saturated carbocycles. The van der Waals surface area contributed by atoms with Crippen LogP contribution in [-0.4, -0.2) is 42.5 Å². The first-order chi connectivity index (χ1) is 14.7. The van der Waals surface area contributed by atoms with Gasteiger partial charge in [0, 0.05) is 17.6 Å². The van der Waals surface area contributed by atoms with Gasteiger partial charge in [0.1, 0.15) is 17.5 Å². The summed E-state index contributed by atoms with van der Waals surface area (Å²) < 4.78 is 11.6. The number of hydrogen-bond acceptors (Lipinski definition) is 4. The van der Waals surface area contributed by atoms with Crippen LogP contribution in [0.4, 0.5) is 0 Å². The van der Waals surface area contributed by atoms with Crippen molar-refractivity contribution < 1.29 is 19.1 Å². The van der Waals surface area contributed by atoms with Crippen LogP contribution in [0.5, 0.6) is 11.5 Å². The highest BCUT2D eigenvalue weighted by molar-refractivity contribution is 9.10. The topological polar surface area (TPSA) is 67.9 Å². The molecule has 8 heteroatoms. The largest absolute Gasteiger partial charge is 0.497 e. The Morgan fingerprint density at radius 1 is 1.19 bits per heavy atom. The van der Waals surface area contributed by atoms with Crippen LogP contribution in [0.1, 0.15) is 32.8 Å². The van der Waals surface area contributed by atoms with E-state index < -0.39 is 6.04 Å². The average Bonchev–Trinajstić information content (AvgIpc) is 2.76. The van der Waals surface area contributed by atoms with Crippen molar-refractivity contribution in [1.82, 2.24) is 10.2 Å². The zero-order chi connectivity index (χ0) is 23.0. The fraction of sp³-hybridized carbons (Fsp3) is 0.391. The first-order valence-corrected chi connectivity index (χ1v) is 11.2. The van der Waals surface area contributed by atoms with Crippen LogP contribution in [0.2, 0.25) is 5.02 Å². The summed E-state index contributed by atoms with van der Waals surface area (Å²) in [6, 6.07) is 11.8. The molecule has 2 aromatic rings. The molecule has 0 spiro atoms. The molecule has 168 valence electrons. The average molecular weight is 512 g/mol. The highest BCUT2D eigenvalue weighted by atomic mass is 79.9. The summed E-state index contributed by atoms with van der Waals surface area (Å²) >= 11 is 9.34. The Morgan fingerprint density at radius 3 is 2.58 bits per heavy atom. The molecule has 0 fully saturated rings. The third kappa shape index (κ3) is 7.43. The third-order valence-corrected chi connectivity index (χ3v) is 5.76. The van der Waals surface area contributed by atoms with E-state index in [9.17, 15) is 9.59 Å². The van der Waals surface area contributed by atoms with Gasteiger partial charge in [0.25, 0.3) is 5.91 Å². The minimum atomic E-state index is -0.676. The van der Waals surface area contributed by atoms with E-state index in [-0.39, 0.29) is 31.0 Å². The van der Waals surface area contributed by atoms with Gasteiger partial charge >= 0.3 is 0 Å². The number of nitrogens with one attached hydrogen (secondary N) is 1. The number of benzene rings is 2. The standard InChI is InChI=1S/C23H28BrClN2O4/c1-5-15(2)26-23(29)16(3)27(13-17-7-6-8-19(11-17)30-4)22(28)14-31-21-10-9-18(25)12-20(21)24/h6-12,15-16H,5,13-14H2,1-4H3,(H,26,29). The van der Waals surface area contributed by atoms with Crippen molar-refractivity contribution in [2.75, 3.05) is 13.7 Å². The number of carbonyl (C=O) groups is 2. The fourth-order valence-electron chi connectivity index (χ4n) is 2.83. The lowest BCUT2D eigenvalue weighted by Crippen LogP contribution is -2.50. The van der Waals surface area contributed by atoms with Crippen LogP contribution in [0, 0.1) is 0 Å².